The SMILES string of the molecule is OCCCCC(O)(c1ccccc1)C1CCOC1. The van der Waals surface area contributed by atoms with Crippen molar-refractivity contribution >= 4 is 0 Å². The van der Waals surface area contributed by atoms with E-state index in [0.29, 0.717) is 13.0 Å². The Balaban J connectivity index is 2.15. The number of rotatable bonds is 6. The number of hydrogen-bond acceptors (Lipinski definition) is 3. The molecule has 0 aromatic heterocycles. The molecule has 2 rings (SSSR count). The zero-order valence-electron chi connectivity index (χ0n) is 10.7. The van der Waals surface area contributed by atoms with Gasteiger partial charge in [-0.2, -0.15) is 0 Å². The predicted octanol–water partition coefficient (Wildman–Crippen LogP) is 2.07. The Morgan fingerprint density at radius 2 is 2.00 bits per heavy atom. The van der Waals surface area contributed by atoms with E-state index in [1.54, 1.807) is 0 Å². The summed E-state index contributed by atoms with van der Waals surface area (Å²) in [5.41, 5.74) is 0.158. The number of benzene rings is 1. The monoisotopic (exact) mass is 250 g/mol. The van der Waals surface area contributed by atoms with Gasteiger partial charge in [0.15, 0.2) is 0 Å². The molecule has 1 fully saturated rings. The molecule has 1 aromatic rings. The Hall–Kier alpha value is -0.900. The van der Waals surface area contributed by atoms with Crippen LogP contribution < -0.4 is 0 Å². The molecule has 18 heavy (non-hydrogen) atoms. The van der Waals surface area contributed by atoms with Crippen LogP contribution in [0, 0.1) is 5.92 Å². The second-order valence-electron chi connectivity index (χ2n) is 5.03. The van der Waals surface area contributed by atoms with Gasteiger partial charge in [-0.05, 0) is 31.2 Å². The summed E-state index contributed by atoms with van der Waals surface area (Å²) in [7, 11) is 0. The summed E-state index contributed by atoms with van der Waals surface area (Å²) in [6, 6.07) is 9.85. The smallest absolute Gasteiger partial charge is 0.0947 e. The van der Waals surface area contributed by atoms with Crippen molar-refractivity contribution in [3.63, 3.8) is 0 Å². The van der Waals surface area contributed by atoms with Gasteiger partial charge >= 0.3 is 0 Å². The summed E-state index contributed by atoms with van der Waals surface area (Å²) in [5, 5.41) is 19.9. The number of aliphatic hydroxyl groups is 2. The zero-order chi connectivity index (χ0) is 12.8. The van der Waals surface area contributed by atoms with Crippen LogP contribution in [0.5, 0.6) is 0 Å². The van der Waals surface area contributed by atoms with E-state index in [-0.39, 0.29) is 12.5 Å². The molecule has 100 valence electrons. The minimum Gasteiger partial charge on any atom is -0.396 e. The molecule has 0 radical (unpaired) electrons. The molecule has 0 spiro atoms. The Bertz CT molecular complexity index is 346. The van der Waals surface area contributed by atoms with Gasteiger partial charge in [-0.3, -0.25) is 0 Å². The van der Waals surface area contributed by atoms with Crippen LogP contribution in [0.15, 0.2) is 30.3 Å². The first-order valence-corrected chi connectivity index (χ1v) is 6.74. The van der Waals surface area contributed by atoms with Gasteiger partial charge in [0.25, 0.3) is 0 Å². The first-order chi connectivity index (χ1) is 8.77. The van der Waals surface area contributed by atoms with Crippen LogP contribution in [0.1, 0.15) is 31.2 Å². The Morgan fingerprint density at radius 1 is 1.22 bits per heavy atom. The topological polar surface area (TPSA) is 49.7 Å². The second-order valence-corrected chi connectivity index (χ2v) is 5.03. The normalized spacial score (nSPS) is 22.9. The summed E-state index contributed by atoms with van der Waals surface area (Å²) in [4.78, 5) is 0. The molecule has 1 aliphatic rings. The molecule has 1 saturated heterocycles. The molecule has 1 aliphatic heterocycles. The van der Waals surface area contributed by atoms with Crippen LogP contribution in [0.2, 0.25) is 0 Å². The molecule has 0 aliphatic carbocycles. The Morgan fingerprint density at radius 3 is 2.61 bits per heavy atom. The van der Waals surface area contributed by atoms with Crippen molar-refractivity contribution in [2.24, 2.45) is 5.92 Å². The first kappa shape index (κ1) is 13.5. The third kappa shape index (κ3) is 2.91. The largest absolute Gasteiger partial charge is 0.396 e. The summed E-state index contributed by atoms with van der Waals surface area (Å²) in [6.07, 6.45) is 3.16. The molecule has 1 heterocycles. The molecule has 3 heteroatoms. The first-order valence-electron chi connectivity index (χ1n) is 6.74. The van der Waals surface area contributed by atoms with Crippen LogP contribution in [-0.4, -0.2) is 30.0 Å². The highest BCUT2D eigenvalue weighted by Gasteiger charge is 2.39. The molecule has 0 amide bonds. The quantitative estimate of drug-likeness (QED) is 0.760. The van der Waals surface area contributed by atoms with Crippen molar-refractivity contribution in [1.29, 1.82) is 0 Å². The number of unbranched alkanes of at least 4 members (excludes halogenated alkanes) is 1. The average molecular weight is 250 g/mol. The van der Waals surface area contributed by atoms with Crippen molar-refractivity contribution < 1.29 is 14.9 Å². The second kappa shape index (κ2) is 6.32. The van der Waals surface area contributed by atoms with Gasteiger partial charge in [-0.1, -0.05) is 30.3 Å². The van der Waals surface area contributed by atoms with Crippen molar-refractivity contribution in [3.8, 4) is 0 Å². The third-order valence-corrected chi connectivity index (χ3v) is 3.84. The lowest BCUT2D eigenvalue weighted by Crippen LogP contribution is -2.35. The zero-order valence-corrected chi connectivity index (χ0v) is 10.7. The fraction of sp³-hybridized carbons (Fsp3) is 0.600. The number of hydrogen-bond donors (Lipinski definition) is 2. The highest BCUT2D eigenvalue weighted by molar-refractivity contribution is 5.23. The van der Waals surface area contributed by atoms with Crippen LogP contribution in [0.25, 0.3) is 0 Å². The van der Waals surface area contributed by atoms with E-state index in [1.165, 1.54) is 0 Å². The maximum Gasteiger partial charge on any atom is 0.0947 e. The number of ether oxygens (including phenoxy) is 1. The van der Waals surface area contributed by atoms with Crippen molar-refractivity contribution in [1.82, 2.24) is 0 Å². The summed E-state index contributed by atoms with van der Waals surface area (Å²) < 4.78 is 5.42. The van der Waals surface area contributed by atoms with Crippen molar-refractivity contribution in [3.05, 3.63) is 35.9 Å². The highest BCUT2D eigenvalue weighted by Crippen LogP contribution is 2.38. The Kier molecular flexibility index (Phi) is 4.75. The van der Waals surface area contributed by atoms with Gasteiger partial charge in [-0.15, -0.1) is 0 Å². The lowest BCUT2D eigenvalue weighted by Gasteiger charge is -2.34. The highest BCUT2D eigenvalue weighted by atomic mass is 16.5. The van der Waals surface area contributed by atoms with Gasteiger partial charge < -0.3 is 14.9 Å². The standard InChI is InChI=1S/C15H22O3/c16-10-5-4-9-15(17,14-8-11-18-12-14)13-6-2-1-3-7-13/h1-3,6-7,14,16-17H,4-5,8-12H2. The van der Waals surface area contributed by atoms with E-state index in [1.807, 2.05) is 30.3 Å². The molecular weight excluding hydrogens is 228 g/mol. The van der Waals surface area contributed by atoms with Gasteiger partial charge in [-0.25, -0.2) is 0 Å². The van der Waals surface area contributed by atoms with Crippen molar-refractivity contribution in [2.45, 2.75) is 31.3 Å². The number of aliphatic hydroxyl groups excluding tert-OH is 1. The molecule has 1 aromatic carbocycles. The van der Waals surface area contributed by atoms with Crippen LogP contribution >= 0.6 is 0 Å². The van der Waals surface area contributed by atoms with Crippen molar-refractivity contribution in [2.75, 3.05) is 19.8 Å². The summed E-state index contributed by atoms with van der Waals surface area (Å²) in [5.74, 6) is 0.165. The van der Waals surface area contributed by atoms with E-state index < -0.39 is 5.60 Å². The molecule has 0 bridgehead atoms. The van der Waals surface area contributed by atoms with E-state index in [9.17, 15) is 5.11 Å². The Labute approximate surface area is 108 Å². The van der Waals surface area contributed by atoms with Gasteiger partial charge in [0.1, 0.15) is 0 Å². The van der Waals surface area contributed by atoms with E-state index in [4.69, 9.17) is 9.84 Å². The predicted molar refractivity (Wildman–Crippen MR) is 70.2 cm³/mol. The molecule has 2 atom stereocenters. The minimum atomic E-state index is -0.813. The fourth-order valence-corrected chi connectivity index (χ4v) is 2.73. The molecular formula is C15H22O3. The van der Waals surface area contributed by atoms with Gasteiger partial charge in [0.05, 0.1) is 12.2 Å². The van der Waals surface area contributed by atoms with E-state index in [2.05, 4.69) is 0 Å². The van der Waals surface area contributed by atoms with Crippen LogP contribution in [0.3, 0.4) is 0 Å². The lowest BCUT2D eigenvalue weighted by atomic mass is 9.77. The summed E-state index contributed by atoms with van der Waals surface area (Å²) in [6.45, 7) is 1.55. The van der Waals surface area contributed by atoms with Gasteiger partial charge in [0.2, 0.25) is 0 Å². The fourth-order valence-electron chi connectivity index (χ4n) is 2.73. The molecule has 0 saturated carbocycles. The van der Waals surface area contributed by atoms with E-state index >= 15 is 0 Å². The van der Waals surface area contributed by atoms with Crippen LogP contribution in [0.4, 0.5) is 0 Å². The maximum absolute atomic E-state index is 11.0. The van der Waals surface area contributed by atoms with E-state index in [0.717, 1.165) is 31.4 Å². The lowest BCUT2D eigenvalue weighted by molar-refractivity contribution is -0.0372. The maximum atomic E-state index is 11.0. The molecule has 3 nitrogen and oxygen atoms in total. The third-order valence-electron chi connectivity index (χ3n) is 3.84. The van der Waals surface area contributed by atoms with Crippen LogP contribution in [-0.2, 0) is 10.3 Å². The molecule has 2 N–H and O–H groups in total. The average Bonchev–Trinajstić information content (AvgIpc) is 2.94. The molecule has 2 unspecified atom stereocenters. The van der Waals surface area contributed by atoms with Gasteiger partial charge in [0, 0.05) is 19.1 Å². The minimum absolute atomic E-state index is 0.165. The summed E-state index contributed by atoms with van der Waals surface area (Å²) >= 11 is 0.